The van der Waals surface area contributed by atoms with E-state index in [-0.39, 0.29) is 30.6 Å². The van der Waals surface area contributed by atoms with Crippen molar-refractivity contribution in [3.63, 3.8) is 0 Å². The van der Waals surface area contributed by atoms with Gasteiger partial charge in [0.05, 0.1) is 21.7 Å². The molecule has 0 unspecified atom stereocenters. The standard InChI is InChI=1S/C24H25F3N4O4/c25-24(26,27)17-7-8-20(21(15-17)31(34)35)29-13-9-16(10-14-29)22(32)28-19-6-2-1-5-18(19)23(33)30-11-3-4-12-30/h1-2,5-8,15-16H,3-4,9-14H2,(H,28,32). The zero-order valence-corrected chi connectivity index (χ0v) is 18.9. The number of hydrogen-bond acceptors (Lipinski definition) is 5. The Labute approximate surface area is 199 Å². The van der Waals surface area contributed by atoms with Crippen molar-refractivity contribution in [1.82, 2.24) is 4.90 Å². The number of nitrogens with zero attached hydrogens (tertiary/aromatic N) is 3. The average Bonchev–Trinajstić information content (AvgIpc) is 3.38. The van der Waals surface area contributed by atoms with Gasteiger partial charge < -0.3 is 15.1 Å². The van der Waals surface area contributed by atoms with Crippen LogP contribution in [0.4, 0.5) is 30.2 Å². The van der Waals surface area contributed by atoms with Gasteiger partial charge in [-0.2, -0.15) is 13.2 Å². The van der Waals surface area contributed by atoms with Crippen LogP contribution in [-0.4, -0.2) is 47.8 Å². The number of para-hydroxylation sites is 1. The first-order valence-electron chi connectivity index (χ1n) is 11.4. The summed E-state index contributed by atoms with van der Waals surface area (Å²) in [4.78, 5) is 39.8. The topological polar surface area (TPSA) is 95.8 Å². The minimum Gasteiger partial charge on any atom is -0.366 e. The molecule has 0 saturated carbocycles. The average molecular weight is 490 g/mol. The second-order valence-corrected chi connectivity index (χ2v) is 8.75. The summed E-state index contributed by atoms with van der Waals surface area (Å²) in [6.07, 6.45) is -2.04. The van der Waals surface area contributed by atoms with E-state index in [1.807, 2.05) is 0 Å². The Kier molecular flexibility index (Phi) is 6.95. The van der Waals surface area contributed by atoms with Crippen molar-refractivity contribution in [2.24, 2.45) is 5.92 Å². The Hall–Kier alpha value is -3.63. The predicted molar refractivity (Wildman–Crippen MR) is 123 cm³/mol. The SMILES string of the molecule is O=C(Nc1ccccc1C(=O)N1CCCC1)C1CCN(c2ccc(C(F)(F)F)cc2[N+](=O)[O-])CC1. The molecule has 8 nitrogen and oxygen atoms in total. The van der Waals surface area contributed by atoms with Crippen molar-refractivity contribution < 1.29 is 27.7 Å². The van der Waals surface area contributed by atoms with Crippen LogP contribution in [0.25, 0.3) is 0 Å². The number of piperidine rings is 1. The molecule has 2 heterocycles. The summed E-state index contributed by atoms with van der Waals surface area (Å²) in [5, 5.41) is 14.3. The third kappa shape index (κ3) is 5.39. The van der Waals surface area contributed by atoms with Crippen LogP contribution in [0.15, 0.2) is 42.5 Å². The number of hydrogen-bond donors (Lipinski definition) is 1. The monoisotopic (exact) mass is 490 g/mol. The largest absolute Gasteiger partial charge is 0.416 e. The van der Waals surface area contributed by atoms with Gasteiger partial charge in [0.15, 0.2) is 0 Å². The number of carbonyl (C=O) groups is 2. The first-order chi connectivity index (χ1) is 16.6. The normalized spacial score (nSPS) is 16.9. The molecule has 0 bridgehead atoms. The molecule has 2 aliphatic rings. The van der Waals surface area contributed by atoms with Crippen molar-refractivity contribution >= 4 is 28.9 Å². The fourth-order valence-corrected chi connectivity index (χ4v) is 4.60. The van der Waals surface area contributed by atoms with Gasteiger partial charge in [-0.3, -0.25) is 19.7 Å². The summed E-state index contributed by atoms with van der Waals surface area (Å²) >= 11 is 0. The first-order valence-corrected chi connectivity index (χ1v) is 11.4. The van der Waals surface area contributed by atoms with Crippen LogP contribution in [0.3, 0.4) is 0 Å². The second-order valence-electron chi connectivity index (χ2n) is 8.75. The van der Waals surface area contributed by atoms with E-state index in [1.165, 1.54) is 0 Å². The Morgan fingerprint density at radius 1 is 1.00 bits per heavy atom. The number of nitrogens with one attached hydrogen (secondary N) is 1. The van der Waals surface area contributed by atoms with Gasteiger partial charge in [-0.25, -0.2) is 0 Å². The highest BCUT2D eigenvalue weighted by Crippen LogP contribution is 2.38. The number of anilines is 2. The van der Waals surface area contributed by atoms with Crippen LogP contribution in [0.1, 0.15) is 41.6 Å². The van der Waals surface area contributed by atoms with E-state index in [0.717, 1.165) is 25.0 Å². The van der Waals surface area contributed by atoms with Crippen molar-refractivity contribution in [3.05, 3.63) is 63.7 Å². The van der Waals surface area contributed by atoms with Gasteiger partial charge in [-0.05, 0) is 49.9 Å². The number of alkyl halides is 3. The fourth-order valence-electron chi connectivity index (χ4n) is 4.60. The molecule has 1 N–H and O–H groups in total. The molecule has 0 spiro atoms. The van der Waals surface area contributed by atoms with Crippen LogP contribution >= 0.6 is 0 Å². The maximum absolute atomic E-state index is 13.0. The fraction of sp³-hybridized carbons (Fsp3) is 0.417. The van der Waals surface area contributed by atoms with Gasteiger partial charge in [-0.1, -0.05) is 12.1 Å². The molecule has 11 heteroatoms. The third-order valence-corrected chi connectivity index (χ3v) is 6.51. The number of nitro groups is 1. The molecule has 0 atom stereocenters. The second kappa shape index (κ2) is 9.93. The molecule has 2 aliphatic heterocycles. The van der Waals surface area contributed by atoms with E-state index in [2.05, 4.69) is 5.32 Å². The highest BCUT2D eigenvalue weighted by molar-refractivity contribution is 6.04. The van der Waals surface area contributed by atoms with Crippen LogP contribution in [-0.2, 0) is 11.0 Å². The molecular formula is C24H25F3N4O4. The minimum absolute atomic E-state index is 0.100. The van der Waals surface area contributed by atoms with E-state index in [9.17, 15) is 32.9 Å². The summed E-state index contributed by atoms with van der Waals surface area (Å²) in [7, 11) is 0. The molecule has 35 heavy (non-hydrogen) atoms. The van der Waals surface area contributed by atoms with Gasteiger partial charge in [-0.15, -0.1) is 0 Å². The number of carbonyl (C=O) groups excluding carboxylic acids is 2. The molecule has 2 saturated heterocycles. The zero-order chi connectivity index (χ0) is 25.2. The molecule has 0 aliphatic carbocycles. The van der Waals surface area contributed by atoms with Gasteiger partial charge in [0.1, 0.15) is 5.69 Å². The number of likely N-dealkylation sites (tertiary alicyclic amines) is 1. The van der Waals surface area contributed by atoms with Gasteiger partial charge in [0.25, 0.3) is 11.6 Å². The van der Waals surface area contributed by atoms with Crippen LogP contribution in [0.2, 0.25) is 0 Å². The predicted octanol–water partition coefficient (Wildman–Crippen LogP) is 4.70. The van der Waals surface area contributed by atoms with E-state index < -0.39 is 28.3 Å². The lowest BCUT2D eigenvalue weighted by molar-refractivity contribution is -0.384. The number of amides is 2. The van der Waals surface area contributed by atoms with Gasteiger partial charge in [0, 0.05) is 38.2 Å². The molecule has 2 aromatic rings. The Morgan fingerprint density at radius 2 is 1.66 bits per heavy atom. The number of nitro benzene ring substituents is 1. The Morgan fingerprint density at radius 3 is 2.29 bits per heavy atom. The van der Waals surface area contributed by atoms with Crippen molar-refractivity contribution in [2.75, 3.05) is 36.4 Å². The molecule has 0 aromatic heterocycles. The molecule has 2 amide bonds. The van der Waals surface area contributed by atoms with Crippen LogP contribution in [0.5, 0.6) is 0 Å². The summed E-state index contributed by atoms with van der Waals surface area (Å²) in [5.41, 5.74) is -0.722. The Bertz CT molecular complexity index is 1120. The number of halogens is 3. The highest BCUT2D eigenvalue weighted by Gasteiger charge is 2.35. The summed E-state index contributed by atoms with van der Waals surface area (Å²) in [5.74, 6) is -0.772. The van der Waals surface area contributed by atoms with Crippen molar-refractivity contribution in [2.45, 2.75) is 31.9 Å². The summed E-state index contributed by atoms with van der Waals surface area (Å²) < 4.78 is 39.0. The van der Waals surface area contributed by atoms with E-state index >= 15 is 0 Å². The molecule has 0 radical (unpaired) electrons. The van der Waals surface area contributed by atoms with Crippen molar-refractivity contribution in [3.8, 4) is 0 Å². The van der Waals surface area contributed by atoms with Crippen LogP contribution in [0, 0.1) is 16.0 Å². The smallest absolute Gasteiger partial charge is 0.366 e. The summed E-state index contributed by atoms with van der Waals surface area (Å²) in [6, 6.07) is 9.33. The highest BCUT2D eigenvalue weighted by atomic mass is 19.4. The third-order valence-electron chi connectivity index (χ3n) is 6.51. The molecule has 2 aromatic carbocycles. The van der Waals surface area contributed by atoms with Gasteiger partial charge in [0.2, 0.25) is 5.91 Å². The van der Waals surface area contributed by atoms with E-state index in [1.54, 1.807) is 34.1 Å². The lowest BCUT2D eigenvalue weighted by Crippen LogP contribution is -2.38. The lowest BCUT2D eigenvalue weighted by Gasteiger charge is -2.33. The molecule has 186 valence electrons. The van der Waals surface area contributed by atoms with Crippen molar-refractivity contribution in [1.29, 1.82) is 0 Å². The number of benzene rings is 2. The number of rotatable bonds is 5. The Balaban J connectivity index is 1.42. The maximum Gasteiger partial charge on any atom is 0.416 e. The van der Waals surface area contributed by atoms with Gasteiger partial charge >= 0.3 is 6.18 Å². The minimum atomic E-state index is -4.68. The zero-order valence-electron chi connectivity index (χ0n) is 18.9. The molecule has 4 rings (SSSR count). The summed E-state index contributed by atoms with van der Waals surface area (Å²) in [6.45, 7) is 1.93. The van der Waals surface area contributed by atoms with E-state index in [4.69, 9.17) is 0 Å². The quantitative estimate of drug-likeness (QED) is 0.484. The molecule has 2 fully saturated rings. The first kappa shape index (κ1) is 24.5. The molecular weight excluding hydrogens is 465 g/mol. The van der Waals surface area contributed by atoms with Crippen LogP contribution < -0.4 is 10.2 Å². The lowest BCUT2D eigenvalue weighted by atomic mass is 9.95. The maximum atomic E-state index is 13.0. The van der Waals surface area contributed by atoms with E-state index in [0.29, 0.717) is 43.2 Å².